The molecule has 1 aliphatic heterocycles. The van der Waals surface area contributed by atoms with Gasteiger partial charge in [-0.05, 0) is 32.1 Å². The minimum absolute atomic E-state index is 0.502. The minimum Gasteiger partial charge on any atom is -0.378 e. The van der Waals surface area contributed by atoms with Crippen LogP contribution in [0.1, 0.15) is 33.1 Å². The Hall–Kier alpha value is -0.0400. The van der Waals surface area contributed by atoms with Gasteiger partial charge < -0.3 is 4.74 Å². The van der Waals surface area contributed by atoms with Crippen LogP contribution in [0.15, 0.2) is 0 Å². The summed E-state index contributed by atoms with van der Waals surface area (Å²) in [6, 6.07) is 0. The second-order valence-electron chi connectivity index (χ2n) is 3.16. The molecule has 1 heteroatoms. The summed E-state index contributed by atoms with van der Waals surface area (Å²) in [7, 11) is 0. The molecule has 0 N–H and O–H groups in total. The van der Waals surface area contributed by atoms with Crippen LogP contribution in [0.5, 0.6) is 0 Å². The van der Waals surface area contributed by atoms with Crippen LogP contribution in [0.4, 0.5) is 0 Å². The van der Waals surface area contributed by atoms with E-state index >= 15 is 0 Å². The first kappa shape index (κ1) is 7.07. The number of hydrogen-bond acceptors (Lipinski definition) is 1. The maximum atomic E-state index is 5.47. The molecule has 0 saturated carbocycles. The van der Waals surface area contributed by atoms with Crippen molar-refractivity contribution in [2.75, 3.05) is 6.61 Å². The second-order valence-corrected chi connectivity index (χ2v) is 3.16. The predicted molar refractivity (Wildman–Crippen MR) is 38.4 cm³/mol. The fraction of sp³-hybridized carbons (Fsp3) is 1.00. The van der Waals surface area contributed by atoms with E-state index in [0.29, 0.717) is 6.10 Å². The van der Waals surface area contributed by atoms with Gasteiger partial charge in [0.2, 0.25) is 0 Å². The first-order chi connectivity index (χ1) is 4.29. The summed E-state index contributed by atoms with van der Waals surface area (Å²) in [6.45, 7) is 5.46. The lowest BCUT2D eigenvalue weighted by Crippen LogP contribution is -2.07. The highest BCUT2D eigenvalue weighted by Gasteiger charge is 2.12. The maximum Gasteiger partial charge on any atom is 0.0549 e. The Morgan fingerprint density at radius 2 is 2.11 bits per heavy atom. The van der Waals surface area contributed by atoms with Crippen molar-refractivity contribution >= 4 is 0 Å². The van der Waals surface area contributed by atoms with Gasteiger partial charge >= 0.3 is 0 Å². The van der Waals surface area contributed by atoms with E-state index in [2.05, 4.69) is 13.8 Å². The quantitative estimate of drug-likeness (QED) is 0.486. The molecular weight excluding hydrogens is 112 g/mol. The summed E-state index contributed by atoms with van der Waals surface area (Å²) < 4.78 is 5.47. The Bertz CT molecular complexity index is 70.6. The highest BCUT2D eigenvalue weighted by atomic mass is 16.5. The molecule has 1 nitrogen and oxygen atoms in total. The zero-order valence-electron chi connectivity index (χ0n) is 6.39. The van der Waals surface area contributed by atoms with Gasteiger partial charge in [0.05, 0.1) is 6.10 Å². The van der Waals surface area contributed by atoms with Crippen molar-refractivity contribution < 1.29 is 4.74 Å². The maximum absolute atomic E-state index is 5.47. The number of ether oxygens (including phenoxy) is 1. The van der Waals surface area contributed by atoms with Crippen LogP contribution < -0.4 is 0 Å². The van der Waals surface area contributed by atoms with E-state index in [4.69, 9.17) is 4.74 Å². The third-order valence-electron chi connectivity index (χ3n) is 1.98. The zero-order chi connectivity index (χ0) is 6.69. The van der Waals surface area contributed by atoms with E-state index in [1.165, 1.54) is 19.3 Å². The topological polar surface area (TPSA) is 9.23 Å². The van der Waals surface area contributed by atoms with Crippen LogP contribution >= 0.6 is 0 Å². The van der Waals surface area contributed by atoms with Crippen molar-refractivity contribution in [1.29, 1.82) is 0 Å². The molecule has 0 radical (unpaired) electrons. The van der Waals surface area contributed by atoms with E-state index in [1.807, 2.05) is 0 Å². The molecule has 54 valence electrons. The molecule has 0 aromatic heterocycles. The third-order valence-corrected chi connectivity index (χ3v) is 1.98. The number of hydrogen-bond donors (Lipinski definition) is 0. The molecule has 1 rings (SSSR count). The molecule has 0 spiro atoms. The van der Waals surface area contributed by atoms with Gasteiger partial charge in [0.1, 0.15) is 0 Å². The van der Waals surface area contributed by atoms with E-state index in [0.717, 1.165) is 12.5 Å². The summed E-state index contributed by atoms with van der Waals surface area (Å²) in [4.78, 5) is 0. The van der Waals surface area contributed by atoms with E-state index < -0.39 is 0 Å². The van der Waals surface area contributed by atoms with E-state index in [9.17, 15) is 0 Å². The molecule has 1 fully saturated rings. The summed E-state index contributed by atoms with van der Waals surface area (Å²) in [5.74, 6) is 0.877. The normalized spacial score (nSPS) is 38.0. The van der Waals surface area contributed by atoms with E-state index in [1.54, 1.807) is 0 Å². The first-order valence-electron chi connectivity index (χ1n) is 3.90. The summed E-state index contributed by atoms with van der Waals surface area (Å²) in [5.41, 5.74) is 0. The van der Waals surface area contributed by atoms with Crippen LogP contribution in [-0.2, 0) is 4.74 Å². The molecule has 0 aromatic carbocycles. The lowest BCUT2D eigenvalue weighted by molar-refractivity contribution is 0.0686. The van der Waals surface area contributed by atoms with Crippen molar-refractivity contribution in [3.63, 3.8) is 0 Å². The third kappa shape index (κ3) is 2.35. The Morgan fingerprint density at radius 1 is 1.33 bits per heavy atom. The standard InChI is InChI=1S/C8H16O/c1-7-4-3-5-9-8(2)6-7/h7-8H,3-6H2,1-2H3/t7-,8-/m1/s1. The highest BCUT2D eigenvalue weighted by Crippen LogP contribution is 2.18. The lowest BCUT2D eigenvalue weighted by atomic mass is 10.0. The fourth-order valence-electron chi connectivity index (χ4n) is 1.47. The van der Waals surface area contributed by atoms with Gasteiger partial charge in [0.15, 0.2) is 0 Å². The predicted octanol–water partition coefficient (Wildman–Crippen LogP) is 2.21. The van der Waals surface area contributed by atoms with Gasteiger partial charge in [-0.3, -0.25) is 0 Å². The van der Waals surface area contributed by atoms with Crippen molar-refractivity contribution in [3.05, 3.63) is 0 Å². The van der Waals surface area contributed by atoms with Crippen molar-refractivity contribution in [3.8, 4) is 0 Å². The Balaban J connectivity index is 2.29. The van der Waals surface area contributed by atoms with Crippen LogP contribution in [0.3, 0.4) is 0 Å². The molecule has 0 aliphatic carbocycles. The molecule has 2 atom stereocenters. The zero-order valence-corrected chi connectivity index (χ0v) is 6.39. The van der Waals surface area contributed by atoms with Gasteiger partial charge in [0.25, 0.3) is 0 Å². The monoisotopic (exact) mass is 128 g/mol. The molecule has 9 heavy (non-hydrogen) atoms. The van der Waals surface area contributed by atoms with Gasteiger partial charge in [-0.25, -0.2) is 0 Å². The van der Waals surface area contributed by atoms with Crippen LogP contribution in [0.25, 0.3) is 0 Å². The molecule has 0 bridgehead atoms. The van der Waals surface area contributed by atoms with E-state index in [-0.39, 0.29) is 0 Å². The van der Waals surface area contributed by atoms with Crippen LogP contribution in [-0.4, -0.2) is 12.7 Å². The molecule has 1 heterocycles. The average Bonchev–Trinajstić information content (AvgIpc) is 1.93. The molecule has 1 saturated heterocycles. The highest BCUT2D eigenvalue weighted by molar-refractivity contribution is 4.62. The van der Waals surface area contributed by atoms with Gasteiger partial charge in [-0.2, -0.15) is 0 Å². The second kappa shape index (κ2) is 3.21. The molecular formula is C8H16O. The minimum atomic E-state index is 0.502. The summed E-state index contributed by atoms with van der Waals surface area (Å²) >= 11 is 0. The van der Waals surface area contributed by atoms with Crippen LogP contribution in [0.2, 0.25) is 0 Å². The Labute approximate surface area is 57.4 Å². The smallest absolute Gasteiger partial charge is 0.0549 e. The SMILES string of the molecule is C[C@@H]1CCCO[C@H](C)C1. The number of rotatable bonds is 0. The Kier molecular flexibility index (Phi) is 2.52. The van der Waals surface area contributed by atoms with Crippen molar-refractivity contribution in [1.82, 2.24) is 0 Å². The van der Waals surface area contributed by atoms with Gasteiger partial charge in [0, 0.05) is 6.61 Å². The van der Waals surface area contributed by atoms with Crippen LogP contribution in [0, 0.1) is 5.92 Å². The van der Waals surface area contributed by atoms with Crippen molar-refractivity contribution in [2.24, 2.45) is 5.92 Å². The van der Waals surface area contributed by atoms with Gasteiger partial charge in [-0.15, -0.1) is 0 Å². The first-order valence-corrected chi connectivity index (χ1v) is 3.90. The molecule has 1 aliphatic rings. The molecule has 0 unspecified atom stereocenters. The average molecular weight is 128 g/mol. The van der Waals surface area contributed by atoms with Crippen molar-refractivity contribution in [2.45, 2.75) is 39.2 Å². The largest absolute Gasteiger partial charge is 0.378 e. The fourth-order valence-corrected chi connectivity index (χ4v) is 1.47. The lowest BCUT2D eigenvalue weighted by Gasteiger charge is -2.10. The summed E-state index contributed by atoms with van der Waals surface area (Å²) in [6.07, 6.45) is 4.36. The van der Waals surface area contributed by atoms with Gasteiger partial charge in [-0.1, -0.05) is 6.92 Å². The summed E-state index contributed by atoms with van der Waals surface area (Å²) in [5, 5.41) is 0. The molecule has 0 amide bonds. The molecule has 0 aromatic rings. The Morgan fingerprint density at radius 3 is 2.89 bits per heavy atom.